The fourth-order valence-corrected chi connectivity index (χ4v) is 3.26. The quantitative estimate of drug-likeness (QED) is 0.542. The number of amides is 1. The minimum absolute atomic E-state index is 0.125. The molecule has 29 heavy (non-hydrogen) atoms. The van der Waals surface area contributed by atoms with Gasteiger partial charge >= 0.3 is 0 Å². The summed E-state index contributed by atoms with van der Waals surface area (Å²) in [4.78, 5) is 19.5. The summed E-state index contributed by atoms with van der Waals surface area (Å²) >= 11 is 0. The second kappa shape index (κ2) is 7.43. The Balaban J connectivity index is 1.64. The topological polar surface area (TPSA) is 49.6 Å². The predicted octanol–water partition coefficient (Wildman–Crippen LogP) is 4.94. The van der Waals surface area contributed by atoms with Crippen LogP contribution in [0.1, 0.15) is 21.5 Å². The third kappa shape index (κ3) is 3.85. The van der Waals surface area contributed by atoms with Gasteiger partial charge in [0.25, 0.3) is 5.91 Å². The van der Waals surface area contributed by atoms with Gasteiger partial charge in [-0.15, -0.1) is 0 Å². The van der Waals surface area contributed by atoms with Crippen molar-refractivity contribution in [1.29, 1.82) is 0 Å². The number of anilines is 2. The molecular formula is C24H24N4O. The first-order valence-corrected chi connectivity index (χ1v) is 9.56. The van der Waals surface area contributed by atoms with Crippen LogP contribution >= 0.6 is 0 Å². The van der Waals surface area contributed by atoms with E-state index < -0.39 is 0 Å². The van der Waals surface area contributed by atoms with Gasteiger partial charge < -0.3 is 14.6 Å². The Morgan fingerprint density at radius 1 is 1.03 bits per heavy atom. The molecule has 1 N–H and O–H groups in total. The number of carbonyl (C=O) groups excluding carboxylic acids is 1. The van der Waals surface area contributed by atoms with Crippen LogP contribution in [0, 0.1) is 13.8 Å². The maximum atomic E-state index is 12.8. The summed E-state index contributed by atoms with van der Waals surface area (Å²) in [7, 11) is 3.92. The molecule has 4 aromatic rings. The highest BCUT2D eigenvalue weighted by atomic mass is 16.1. The number of aromatic nitrogens is 2. The Hall–Kier alpha value is -3.60. The highest BCUT2D eigenvalue weighted by molar-refractivity contribution is 6.05. The van der Waals surface area contributed by atoms with Crippen molar-refractivity contribution in [1.82, 2.24) is 9.38 Å². The first-order valence-electron chi connectivity index (χ1n) is 9.56. The molecule has 0 aliphatic rings. The van der Waals surface area contributed by atoms with Crippen molar-refractivity contribution in [2.75, 3.05) is 24.3 Å². The molecule has 0 atom stereocenters. The van der Waals surface area contributed by atoms with E-state index in [9.17, 15) is 4.79 Å². The molecule has 4 rings (SSSR count). The number of hydrogen-bond acceptors (Lipinski definition) is 3. The predicted molar refractivity (Wildman–Crippen MR) is 119 cm³/mol. The number of aryl methyl sites for hydroxylation is 2. The Morgan fingerprint density at radius 2 is 1.86 bits per heavy atom. The third-order valence-corrected chi connectivity index (χ3v) is 5.02. The molecule has 0 bridgehead atoms. The van der Waals surface area contributed by atoms with Crippen LogP contribution in [-0.4, -0.2) is 29.4 Å². The van der Waals surface area contributed by atoms with Crippen molar-refractivity contribution < 1.29 is 4.79 Å². The number of rotatable bonds is 4. The Bertz CT molecular complexity index is 1210. The maximum Gasteiger partial charge on any atom is 0.255 e. The summed E-state index contributed by atoms with van der Waals surface area (Å²) in [6, 6.07) is 17.7. The zero-order valence-corrected chi connectivity index (χ0v) is 17.1. The molecule has 5 nitrogen and oxygen atoms in total. The van der Waals surface area contributed by atoms with E-state index in [1.807, 2.05) is 85.2 Å². The number of nitrogens with one attached hydrogen (secondary N) is 1. The van der Waals surface area contributed by atoms with Crippen molar-refractivity contribution in [3.05, 3.63) is 83.7 Å². The first-order chi connectivity index (χ1) is 13.9. The van der Waals surface area contributed by atoms with Crippen molar-refractivity contribution >= 4 is 22.9 Å². The number of imidazole rings is 1. The van der Waals surface area contributed by atoms with Crippen LogP contribution in [0.5, 0.6) is 0 Å². The lowest BCUT2D eigenvalue weighted by molar-refractivity contribution is 0.102. The van der Waals surface area contributed by atoms with Crippen LogP contribution in [0.4, 0.5) is 11.4 Å². The highest BCUT2D eigenvalue weighted by Crippen LogP contribution is 2.26. The molecular weight excluding hydrogens is 360 g/mol. The first kappa shape index (κ1) is 18.7. The molecule has 146 valence electrons. The summed E-state index contributed by atoms with van der Waals surface area (Å²) in [5, 5.41) is 3.05. The Labute approximate surface area is 170 Å². The van der Waals surface area contributed by atoms with E-state index >= 15 is 0 Å². The number of hydrogen-bond donors (Lipinski definition) is 1. The monoisotopic (exact) mass is 384 g/mol. The molecule has 0 aliphatic carbocycles. The molecule has 0 radical (unpaired) electrons. The van der Waals surface area contributed by atoms with Gasteiger partial charge in [0.2, 0.25) is 0 Å². The van der Waals surface area contributed by atoms with Crippen molar-refractivity contribution in [2.24, 2.45) is 0 Å². The zero-order valence-electron chi connectivity index (χ0n) is 17.1. The fraction of sp³-hybridized carbons (Fsp3) is 0.167. The van der Waals surface area contributed by atoms with Gasteiger partial charge in [-0.1, -0.05) is 18.2 Å². The number of pyridine rings is 1. The molecule has 0 spiro atoms. The van der Waals surface area contributed by atoms with Gasteiger partial charge in [-0.25, -0.2) is 4.98 Å². The smallest absolute Gasteiger partial charge is 0.255 e. The molecule has 0 aliphatic heterocycles. The Kier molecular flexibility index (Phi) is 4.80. The number of benzene rings is 2. The lowest BCUT2D eigenvalue weighted by Gasteiger charge is -2.14. The molecule has 2 aromatic heterocycles. The molecule has 0 saturated heterocycles. The Morgan fingerprint density at radius 3 is 2.66 bits per heavy atom. The van der Waals surface area contributed by atoms with Crippen LogP contribution in [0.2, 0.25) is 0 Å². The van der Waals surface area contributed by atoms with E-state index in [4.69, 9.17) is 4.98 Å². The molecule has 1 amide bonds. The molecule has 0 saturated carbocycles. The second-order valence-corrected chi connectivity index (χ2v) is 7.52. The fourth-order valence-electron chi connectivity index (χ4n) is 3.26. The molecule has 5 heteroatoms. The number of carbonyl (C=O) groups is 1. The van der Waals surface area contributed by atoms with Crippen molar-refractivity contribution in [2.45, 2.75) is 13.8 Å². The van der Waals surface area contributed by atoms with Gasteiger partial charge in [0.05, 0.1) is 5.69 Å². The average Bonchev–Trinajstić information content (AvgIpc) is 3.12. The van der Waals surface area contributed by atoms with Gasteiger partial charge in [-0.2, -0.15) is 0 Å². The van der Waals surface area contributed by atoms with Crippen molar-refractivity contribution in [3.8, 4) is 11.3 Å². The SMILES string of the molecule is Cc1ccn2cc(-c3ccc(C)c(NC(=O)c4cccc(N(C)C)c4)c3)nc2c1. The van der Waals surface area contributed by atoms with Gasteiger partial charge in [0.1, 0.15) is 5.65 Å². The van der Waals surface area contributed by atoms with Gasteiger partial charge in [0.15, 0.2) is 0 Å². The summed E-state index contributed by atoms with van der Waals surface area (Å²) in [5.41, 5.74) is 7.34. The van der Waals surface area contributed by atoms with Gasteiger partial charge in [0, 0.05) is 49.0 Å². The number of nitrogens with zero attached hydrogens (tertiary/aromatic N) is 3. The van der Waals surface area contributed by atoms with Crippen LogP contribution in [0.15, 0.2) is 67.0 Å². The molecule has 0 fully saturated rings. The summed E-state index contributed by atoms with van der Waals surface area (Å²) in [6.07, 6.45) is 4.02. The summed E-state index contributed by atoms with van der Waals surface area (Å²) in [6.45, 7) is 4.04. The van der Waals surface area contributed by atoms with Crippen LogP contribution < -0.4 is 10.2 Å². The summed E-state index contributed by atoms with van der Waals surface area (Å²) < 4.78 is 2.01. The van der Waals surface area contributed by atoms with E-state index in [0.717, 1.165) is 33.8 Å². The van der Waals surface area contributed by atoms with E-state index in [2.05, 4.69) is 24.4 Å². The number of fused-ring (bicyclic) bond motifs is 1. The lowest BCUT2D eigenvalue weighted by Crippen LogP contribution is -2.14. The molecule has 2 aromatic carbocycles. The van der Waals surface area contributed by atoms with Crippen LogP contribution in [0.25, 0.3) is 16.9 Å². The maximum absolute atomic E-state index is 12.8. The van der Waals surface area contributed by atoms with Crippen molar-refractivity contribution in [3.63, 3.8) is 0 Å². The third-order valence-electron chi connectivity index (χ3n) is 5.02. The summed E-state index contributed by atoms with van der Waals surface area (Å²) in [5.74, 6) is -0.125. The molecule has 2 heterocycles. The van der Waals surface area contributed by atoms with E-state index in [1.54, 1.807) is 0 Å². The normalized spacial score (nSPS) is 10.9. The van der Waals surface area contributed by atoms with Gasteiger partial charge in [-0.05, 0) is 61.4 Å². The minimum atomic E-state index is -0.125. The second-order valence-electron chi connectivity index (χ2n) is 7.52. The largest absolute Gasteiger partial charge is 0.378 e. The van der Waals surface area contributed by atoms with Crippen LogP contribution in [-0.2, 0) is 0 Å². The van der Waals surface area contributed by atoms with E-state index in [-0.39, 0.29) is 5.91 Å². The van der Waals surface area contributed by atoms with E-state index in [0.29, 0.717) is 5.56 Å². The zero-order chi connectivity index (χ0) is 20.5. The molecule has 0 unspecified atom stereocenters. The standard InChI is InChI=1S/C24H24N4O/c1-16-10-11-28-15-22(25-23(28)12-16)18-9-8-17(2)21(14-18)26-24(29)19-6-5-7-20(13-19)27(3)4/h5-15H,1-4H3,(H,26,29). The van der Waals surface area contributed by atoms with E-state index in [1.165, 1.54) is 5.56 Å². The van der Waals surface area contributed by atoms with Crippen LogP contribution in [0.3, 0.4) is 0 Å². The highest BCUT2D eigenvalue weighted by Gasteiger charge is 2.12. The average molecular weight is 384 g/mol. The van der Waals surface area contributed by atoms with Gasteiger partial charge in [-0.3, -0.25) is 4.79 Å². The minimum Gasteiger partial charge on any atom is -0.378 e. The lowest BCUT2D eigenvalue weighted by atomic mass is 10.1.